The molecule has 1 N–H and O–H groups in total. The van der Waals surface area contributed by atoms with Gasteiger partial charge in [0.25, 0.3) is 0 Å². The number of nitrogens with zero attached hydrogens (tertiary/aromatic N) is 1. The van der Waals surface area contributed by atoms with Gasteiger partial charge in [-0.1, -0.05) is 25.1 Å². The Bertz CT molecular complexity index is 335. The van der Waals surface area contributed by atoms with Crippen LogP contribution in [-0.4, -0.2) is 30.1 Å². The van der Waals surface area contributed by atoms with Gasteiger partial charge in [-0.15, -0.1) is 0 Å². The summed E-state index contributed by atoms with van der Waals surface area (Å²) >= 11 is 0. The van der Waals surface area contributed by atoms with Crippen LogP contribution in [-0.2, 0) is 6.42 Å². The van der Waals surface area contributed by atoms with Crippen molar-refractivity contribution in [2.45, 2.75) is 45.7 Å². The van der Waals surface area contributed by atoms with Crippen LogP contribution < -0.4 is 5.32 Å². The maximum atomic E-state index is 3.64. The van der Waals surface area contributed by atoms with Crippen molar-refractivity contribution in [2.24, 2.45) is 0 Å². The van der Waals surface area contributed by atoms with Gasteiger partial charge in [-0.25, -0.2) is 0 Å². The van der Waals surface area contributed by atoms with Gasteiger partial charge in [-0.3, -0.25) is 4.90 Å². The Hall–Kier alpha value is -1.02. The van der Waals surface area contributed by atoms with Gasteiger partial charge in [0.2, 0.25) is 0 Å². The lowest BCUT2D eigenvalue weighted by atomic mass is 10.1. The van der Waals surface area contributed by atoms with Crippen LogP contribution in [0, 0.1) is 0 Å². The van der Waals surface area contributed by atoms with Gasteiger partial charge in [0, 0.05) is 24.3 Å². The fourth-order valence-corrected chi connectivity index (χ4v) is 2.62. The molecule has 94 valence electrons. The summed E-state index contributed by atoms with van der Waals surface area (Å²) in [7, 11) is 0. The monoisotopic (exact) mass is 232 g/mol. The topological polar surface area (TPSA) is 15.3 Å². The van der Waals surface area contributed by atoms with Crippen LogP contribution in [0.1, 0.15) is 32.8 Å². The summed E-state index contributed by atoms with van der Waals surface area (Å²) in [4.78, 5) is 2.57. The second kappa shape index (κ2) is 5.54. The molecule has 0 fully saturated rings. The van der Waals surface area contributed by atoms with Crippen molar-refractivity contribution in [3.8, 4) is 0 Å². The van der Waals surface area contributed by atoms with Crippen molar-refractivity contribution >= 4 is 5.69 Å². The molecule has 17 heavy (non-hydrogen) atoms. The van der Waals surface area contributed by atoms with Crippen LogP contribution in [0.15, 0.2) is 24.3 Å². The molecule has 1 aliphatic heterocycles. The number of nitrogens with one attached hydrogen (secondary N) is 1. The lowest BCUT2D eigenvalue weighted by Gasteiger charge is -2.29. The van der Waals surface area contributed by atoms with Crippen molar-refractivity contribution < 1.29 is 0 Å². The van der Waals surface area contributed by atoms with Crippen molar-refractivity contribution in [1.29, 1.82) is 0 Å². The van der Waals surface area contributed by atoms with Crippen molar-refractivity contribution in [3.63, 3.8) is 0 Å². The van der Waals surface area contributed by atoms with Crippen LogP contribution in [0.2, 0.25) is 0 Å². The maximum Gasteiger partial charge on any atom is 0.0429 e. The molecule has 1 unspecified atom stereocenters. The molecule has 2 heteroatoms. The quantitative estimate of drug-likeness (QED) is 0.839. The Morgan fingerprint density at radius 3 is 2.76 bits per heavy atom. The third kappa shape index (κ3) is 3.01. The van der Waals surface area contributed by atoms with Gasteiger partial charge in [0.05, 0.1) is 0 Å². The number of fused-ring (bicyclic) bond motifs is 1. The highest BCUT2D eigenvalue weighted by Crippen LogP contribution is 2.25. The zero-order chi connectivity index (χ0) is 12.3. The SMILES string of the molecule is CCCN(CC1Cc2ccccc2N1)C(C)C. The number of benzene rings is 1. The van der Waals surface area contributed by atoms with Gasteiger partial charge in [-0.05, 0) is 44.9 Å². The number of hydrogen-bond acceptors (Lipinski definition) is 2. The first kappa shape index (κ1) is 12.4. The van der Waals surface area contributed by atoms with E-state index in [0.717, 1.165) is 6.54 Å². The lowest BCUT2D eigenvalue weighted by molar-refractivity contribution is 0.214. The molecule has 1 atom stereocenters. The van der Waals surface area contributed by atoms with Crippen LogP contribution in [0.25, 0.3) is 0 Å². The van der Waals surface area contributed by atoms with E-state index in [1.165, 1.54) is 30.6 Å². The molecular formula is C15H24N2. The predicted octanol–water partition coefficient (Wildman–Crippen LogP) is 3.14. The summed E-state index contributed by atoms with van der Waals surface area (Å²) < 4.78 is 0. The summed E-state index contributed by atoms with van der Waals surface area (Å²) in [5, 5.41) is 3.64. The van der Waals surface area contributed by atoms with Crippen molar-refractivity contribution in [1.82, 2.24) is 4.90 Å². The van der Waals surface area contributed by atoms with E-state index in [9.17, 15) is 0 Å². The molecule has 1 aliphatic rings. The fourth-order valence-electron chi connectivity index (χ4n) is 2.62. The van der Waals surface area contributed by atoms with Gasteiger partial charge in [0.1, 0.15) is 0 Å². The van der Waals surface area contributed by atoms with Crippen LogP contribution in [0.4, 0.5) is 5.69 Å². The number of para-hydroxylation sites is 1. The predicted molar refractivity (Wildman–Crippen MR) is 74.6 cm³/mol. The fraction of sp³-hybridized carbons (Fsp3) is 0.600. The van der Waals surface area contributed by atoms with Crippen LogP contribution in [0.3, 0.4) is 0 Å². The molecule has 2 nitrogen and oxygen atoms in total. The second-order valence-corrected chi connectivity index (χ2v) is 5.29. The van der Waals surface area contributed by atoms with E-state index >= 15 is 0 Å². The summed E-state index contributed by atoms with van der Waals surface area (Å²) in [6.07, 6.45) is 2.40. The molecule has 0 bridgehead atoms. The smallest absolute Gasteiger partial charge is 0.0429 e. The minimum atomic E-state index is 0.585. The molecule has 1 aromatic rings. The molecule has 0 saturated carbocycles. The Morgan fingerprint density at radius 2 is 2.12 bits per heavy atom. The summed E-state index contributed by atoms with van der Waals surface area (Å²) in [5.74, 6) is 0. The van der Waals surface area contributed by atoms with E-state index in [0.29, 0.717) is 12.1 Å². The highest BCUT2D eigenvalue weighted by Gasteiger charge is 2.22. The van der Waals surface area contributed by atoms with Crippen molar-refractivity contribution in [3.05, 3.63) is 29.8 Å². The summed E-state index contributed by atoms with van der Waals surface area (Å²) in [6.45, 7) is 9.19. The second-order valence-electron chi connectivity index (χ2n) is 5.29. The molecule has 0 spiro atoms. The molecular weight excluding hydrogens is 208 g/mol. The zero-order valence-corrected chi connectivity index (χ0v) is 11.2. The largest absolute Gasteiger partial charge is 0.380 e. The van der Waals surface area contributed by atoms with E-state index in [4.69, 9.17) is 0 Å². The Morgan fingerprint density at radius 1 is 1.35 bits per heavy atom. The van der Waals surface area contributed by atoms with Gasteiger partial charge >= 0.3 is 0 Å². The first-order valence-electron chi connectivity index (χ1n) is 6.79. The van der Waals surface area contributed by atoms with E-state index in [1.807, 2.05) is 0 Å². The van der Waals surface area contributed by atoms with E-state index in [1.54, 1.807) is 0 Å². The van der Waals surface area contributed by atoms with E-state index in [-0.39, 0.29) is 0 Å². The molecule has 2 rings (SSSR count). The average molecular weight is 232 g/mol. The standard InChI is InChI=1S/C15H24N2/c1-4-9-17(12(2)3)11-14-10-13-7-5-6-8-15(13)16-14/h5-8,12,14,16H,4,9-11H2,1-3H3. The summed E-state index contributed by atoms with van der Waals surface area (Å²) in [5.41, 5.74) is 2.80. The zero-order valence-electron chi connectivity index (χ0n) is 11.2. The Labute approximate surface area is 105 Å². The molecule has 0 aliphatic carbocycles. The summed E-state index contributed by atoms with van der Waals surface area (Å²) in [6, 6.07) is 9.90. The van der Waals surface area contributed by atoms with Gasteiger partial charge < -0.3 is 5.32 Å². The van der Waals surface area contributed by atoms with Crippen LogP contribution in [0.5, 0.6) is 0 Å². The third-order valence-electron chi connectivity index (χ3n) is 3.54. The highest BCUT2D eigenvalue weighted by atomic mass is 15.2. The minimum absolute atomic E-state index is 0.585. The molecule has 0 radical (unpaired) electrons. The first-order chi connectivity index (χ1) is 8.20. The third-order valence-corrected chi connectivity index (χ3v) is 3.54. The minimum Gasteiger partial charge on any atom is -0.380 e. The average Bonchev–Trinajstić information content (AvgIpc) is 2.70. The molecule has 0 amide bonds. The Balaban J connectivity index is 1.94. The highest BCUT2D eigenvalue weighted by molar-refractivity contribution is 5.56. The van der Waals surface area contributed by atoms with Gasteiger partial charge in [-0.2, -0.15) is 0 Å². The van der Waals surface area contributed by atoms with E-state index < -0.39 is 0 Å². The number of hydrogen-bond donors (Lipinski definition) is 1. The molecule has 1 aromatic carbocycles. The normalized spacial score (nSPS) is 18.5. The lowest BCUT2D eigenvalue weighted by Crippen LogP contribution is -2.40. The maximum absolute atomic E-state index is 3.64. The van der Waals surface area contributed by atoms with Gasteiger partial charge in [0.15, 0.2) is 0 Å². The van der Waals surface area contributed by atoms with Crippen molar-refractivity contribution in [2.75, 3.05) is 18.4 Å². The Kier molecular flexibility index (Phi) is 4.06. The molecule has 0 saturated heterocycles. The number of rotatable bonds is 5. The number of anilines is 1. The first-order valence-corrected chi connectivity index (χ1v) is 6.79. The van der Waals surface area contributed by atoms with Crippen LogP contribution >= 0.6 is 0 Å². The molecule has 1 heterocycles. The van der Waals surface area contributed by atoms with E-state index in [2.05, 4.69) is 55.3 Å². The molecule has 0 aromatic heterocycles.